The number of hydrogen-bond acceptors (Lipinski definition) is 2. The van der Waals surface area contributed by atoms with Crippen molar-refractivity contribution in [2.45, 2.75) is 44.8 Å². The summed E-state index contributed by atoms with van der Waals surface area (Å²) in [5.41, 5.74) is 0. The summed E-state index contributed by atoms with van der Waals surface area (Å²) < 4.78 is 6.52. The van der Waals surface area contributed by atoms with E-state index >= 15 is 0 Å². The van der Waals surface area contributed by atoms with Crippen LogP contribution in [-0.4, -0.2) is 18.1 Å². The van der Waals surface area contributed by atoms with Crippen molar-refractivity contribution < 1.29 is 9.53 Å². The standard InChI is InChI=1S/C14H18BrNO2/c1-10(14(17)16-11-6-2-3-7-11)18-13-9-5-4-8-12(13)15/h4-5,8-11H,2-3,6-7H2,1H3,(H,16,17)/t10-/m1/s1. The topological polar surface area (TPSA) is 38.3 Å². The van der Waals surface area contributed by atoms with E-state index < -0.39 is 6.10 Å². The van der Waals surface area contributed by atoms with Crippen molar-refractivity contribution in [2.75, 3.05) is 0 Å². The number of carbonyl (C=O) groups is 1. The number of carbonyl (C=O) groups excluding carboxylic acids is 1. The molecule has 1 fully saturated rings. The highest BCUT2D eigenvalue weighted by atomic mass is 79.9. The van der Waals surface area contributed by atoms with Gasteiger partial charge in [0.05, 0.1) is 4.47 Å². The van der Waals surface area contributed by atoms with E-state index in [0.717, 1.165) is 17.3 Å². The molecule has 1 aromatic carbocycles. The van der Waals surface area contributed by atoms with Gasteiger partial charge in [-0.2, -0.15) is 0 Å². The molecular formula is C14H18BrNO2. The van der Waals surface area contributed by atoms with Gasteiger partial charge in [0.2, 0.25) is 0 Å². The second kappa shape index (κ2) is 6.23. The minimum atomic E-state index is -0.468. The molecule has 1 N–H and O–H groups in total. The maximum Gasteiger partial charge on any atom is 0.260 e. The third-order valence-electron chi connectivity index (χ3n) is 3.21. The number of nitrogens with one attached hydrogen (secondary N) is 1. The Kier molecular flexibility index (Phi) is 4.64. The van der Waals surface area contributed by atoms with Crippen molar-refractivity contribution in [3.05, 3.63) is 28.7 Å². The number of amides is 1. The average molecular weight is 312 g/mol. The van der Waals surface area contributed by atoms with Crippen LogP contribution in [0.25, 0.3) is 0 Å². The van der Waals surface area contributed by atoms with Crippen LogP contribution in [0.3, 0.4) is 0 Å². The van der Waals surface area contributed by atoms with Crippen molar-refractivity contribution in [2.24, 2.45) is 0 Å². The summed E-state index contributed by atoms with van der Waals surface area (Å²) >= 11 is 3.41. The minimum absolute atomic E-state index is 0.0300. The van der Waals surface area contributed by atoms with E-state index in [-0.39, 0.29) is 5.91 Å². The van der Waals surface area contributed by atoms with Crippen molar-refractivity contribution in [3.63, 3.8) is 0 Å². The van der Waals surface area contributed by atoms with Gasteiger partial charge in [-0.25, -0.2) is 0 Å². The lowest BCUT2D eigenvalue weighted by molar-refractivity contribution is -0.127. The molecule has 1 aliphatic rings. The molecule has 0 spiro atoms. The van der Waals surface area contributed by atoms with Gasteiger partial charge in [-0.15, -0.1) is 0 Å². The molecule has 2 rings (SSSR count). The van der Waals surface area contributed by atoms with Crippen LogP contribution in [-0.2, 0) is 4.79 Å². The van der Waals surface area contributed by atoms with Crippen molar-refractivity contribution >= 4 is 21.8 Å². The van der Waals surface area contributed by atoms with E-state index in [0.29, 0.717) is 11.8 Å². The Balaban J connectivity index is 1.89. The van der Waals surface area contributed by atoms with Crippen molar-refractivity contribution in [1.82, 2.24) is 5.32 Å². The number of ether oxygens (including phenoxy) is 1. The van der Waals surface area contributed by atoms with Crippen LogP contribution in [0.5, 0.6) is 5.75 Å². The zero-order chi connectivity index (χ0) is 13.0. The molecule has 0 saturated heterocycles. The van der Waals surface area contributed by atoms with Crippen molar-refractivity contribution in [1.29, 1.82) is 0 Å². The lowest BCUT2D eigenvalue weighted by atomic mass is 10.2. The quantitative estimate of drug-likeness (QED) is 0.926. The Morgan fingerprint density at radius 3 is 2.72 bits per heavy atom. The summed E-state index contributed by atoms with van der Waals surface area (Å²) in [6.45, 7) is 1.78. The largest absolute Gasteiger partial charge is 0.480 e. The molecule has 0 bridgehead atoms. The molecule has 98 valence electrons. The first-order valence-corrected chi connectivity index (χ1v) is 7.17. The monoisotopic (exact) mass is 311 g/mol. The van der Waals surface area contributed by atoms with Gasteiger partial charge in [0, 0.05) is 6.04 Å². The fraction of sp³-hybridized carbons (Fsp3) is 0.500. The van der Waals surface area contributed by atoms with Gasteiger partial charge in [0.1, 0.15) is 5.75 Å². The molecule has 0 unspecified atom stereocenters. The summed E-state index contributed by atoms with van der Waals surface area (Å²) in [7, 11) is 0. The van der Waals surface area contributed by atoms with Gasteiger partial charge in [0.25, 0.3) is 5.91 Å². The lowest BCUT2D eigenvalue weighted by Crippen LogP contribution is -2.41. The molecule has 0 aliphatic heterocycles. The van der Waals surface area contributed by atoms with Crippen LogP contribution < -0.4 is 10.1 Å². The van der Waals surface area contributed by atoms with Crippen molar-refractivity contribution in [3.8, 4) is 5.75 Å². The SMILES string of the molecule is C[C@@H](Oc1ccccc1Br)C(=O)NC1CCCC1. The molecule has 1 atom stereocenters. The summed E-state index contributed by atoms with van der Waals surface area (Å²) in [4.78, 5) is 12.0. The molecule has 3 nitrogen and oxygen atoms in total. The molecular weight excluding hydrogens is 294 g/mol. The Morgan fingerprint density at radius 1 is 1.39 bits per heavy atom. The Hall–Kier alpha value is -1.03. The van der Waals surface area contributed by atoms with Gasteiger partial charge in [-0.1, -0.05) is 25.0 Å². The van der Waals surface area contributed by atoms with Crippen LogP contribution >= 0.6 is 15.9 Å². The molecule has 4 heteroatoms. The van der Waals surface area contributed by atoms with Gasteiger partial charge < -0.3 is 10.1 Å². The Labute approximate surface area is 116 Å². The average Bonchev–Trinajstić information content (AvgIpc) is 2.84. The van der Waals surface area contributed by atoms with E-state index in [4.69, 9.17) is 4.74 Å². The first-order chi connectivity index (χ1) is 8.66. The highest BCUT2D eigenvalue weighted by molar-refractivity contribution is 9.10. The molecule has 0 heterocycles. The van der Waals surface area contributed by atoms with E-state index in [1.54, 1.807) is 6.92 Å². The predicted molar refractivity (Wildman–Crippen MR) is 74.6 cm³/mol. The fourth-order valence-electron chi connectivity index (χ4n) is 2.17. The second-order valence-corrected chi connectivity index (χ2v) is 5.53. The molecule has 0 radical (unpaired) electrons. The highest BCUT2D eigenvalue weighted by Crippen LogP contribution is 2.25. The molecule has 1 aromatic rings. The fourth-order valence-corrected chi connectivity index (χ4v) is 2.55. The van der Waals surface area contributed by atoms with E-state index in [9.17, 15) is 4.79 Å². The molecule has 1 saturated carbocycles. The lowest BCUT2D eigenvalue weighted by Gasteiger charge is -2.18. The van der Waals surface area contributed by atoms with Crippen LogP contribution in [0.1, 0.15) is 32.6 Å². The summed E-state index contributed by atoms with van der Waals surface area (Å²) in [5, 5.41) is 3.04. The third kappa shape index (κ3) is 3.48. The number of rotatable bonds is 4. The summed E-state index contributed by atoms with van der Waals surface area (Å²) in [5.74, 6) is 0.671. The second-order valence-electron chi connectivity index (χ2n) is 4.68. The Bertz CT molecular complexity index is 416. The molecule has 1 amide bonds. The maximum atomic E-state index is 12.0. The zero-order valence-electron chi connectivity index (χ0n) is 10.5. The third-order valence-corrected chi connectivity index (χ3v) is 3.87. The zero-order valence-corrected chi connectivity index (χ0v) is 12.1. The smallest absolute Gasteiger partial charge is 0.260 e. The number of hydrogen-bond donors (Lipinski definition) is 1. The minimum Gasteiger partial charge on any atom is -0.480 e. The number of benzene rings is 1. The summed E-state index contributed by atoms with van der Waals surface area (Å²) in [6, 6.07) is 7.89. The molecule has 18 heavy (non-hydrogen) atoms. The first kappa shape index (κ1) is 13.4. The summed E-state index contributed by atoms with van der Waals surface area (Å²) in [6.07, 6.45) is 4.14. The van der Waals surface area contributed by atoms with E-state index in [1.165, 1.54) is 12.8 Å². The molecule has 1 aliphatic carbocycles. The molecule has 0 aromatic heterocycles. The number of halogens is 1. The van der Waals surface area contributed by atoms with Crippen LogP contribution in [0.4, 0.5) is 0 Å². The van der Waals surface area contributed by atoms with Gasteiger partial charge in [0.15, 0.2) is 6.10 Å². The van der Waals surface area contributed by atoms with Gasteiger partial charge >= 0.3 is 0 Å². The van der Waals surface area contributed by atoms with E-state index in [2.05, 4.69) is 21.2 Å². The Morgan fingerprint density at radius 2 is 2.06 bits per heavy atom. The maximum absolute atomic E-state index is 12.0. The van der Waals surface area contributed by atoms with Gasteiger partial charge in [-0.3, -0.25) is 4.79 Å². The predicted octanol–water partition coefficient (Wildman–Crippen LogP) is 3.28. The van der Waals surface area contributed by atoms with Crippen LogP contribution in [0, 0.1) is 0 Å². The normalized spacial score (nSPS) is 17.4. The van der Waals surface area contributed by atoms with Crippen LogP contribution in [0.2, 0.25) is 0 Å². The van der Waals surface area contributed by atoms with Gasteiger partial charge in [-0.05, 0) is 47.8 Å². The van der Waals surface area contributed by atoms with Crippen LogP contribution in [0.15, 0.2) is 28.7 Å². The number of para-hydroxylation sites is 1. The highest BCUT2D eigenvalue weighted by Gasteiger charge is 2.21. The first-order valence-electron chi connectivity index (χ1n) is 6.38. The van der Waals surface area contributed by atoms with E-state index in [1.807, 2.05) is 24.3 Å².